The topological polar surface area (TPSA) is 92.7 Å². The normalized spacial score (nSPS) is 17.9. The summed E-state index contributed by atoms with van der Waals surface area (Å²) in [5.74, 6) is -4.02. The smallest absolute Gasteiger partial charge is 0.341 e. The van der Waals surface area contributed by atoms with Crippen LogP contribution in [0.15, 0.2) is 36.4 Å². The van der Waals surface area contributed by atoms with E-state index in [0.29, 0.717) is 29.0 Å². The minimum absolute atomic E-state index is 0.203. The molecule has 1 aromatic heterocycles. The summed E-state index contributed by atoms with van der Waals surface area (Å²) >= 11 is 1.21. The summed E-state index contributed by atoms with van der Waals surface area (Å²) in [4.78, 5) is 38.2. The number of carbonyl (C=O) groups excluding carboxylic acids is 2. The number of esters is 1. The lowest BCUT2D eigenvalue weighted by atomic mass is 9.82. The lowest BCUT2D eigenvalue weighted by molar-refractivity contribution is -0.146. The number of hydrogen-bond acceptors (Lipinski definition) is 5. The van der Waals surface area contributed by atoms with E-state index in [2.05, 4.69) is 5.32 Å². The zero-order chi connectivity index (χ0) is 22.5. The monoisotopic (exact) mass is 445 g/mol. The van der Waals surface area contributed by atoms with Crippen molar-refractivity contribution in [2.24, 2.45) is 11.8 Å². The van der Waals surface area contributed by atoms with Crippen molar-refractivity contribution in [3.63, 3.8) is 0 Å². The molecule has 0 unspecified atom stereocenters. The van der Waals surface area contributed by atoms with Crippen molar-refractivity contribution < 1.29 is 28.6 Å². The van der Waals surface area contributed by atoms with Crippen LogP contribution >= 0.6 is 11.3 Å². The highest BCUT2D eigenvalue weighted by Gasteiger charge is 2.35. The molecule has 0 aliphatic heterocycles. The number of benzene rings is 1. The number of aryl methyl sites for hydroxylation is 1. The van der Waals surface area contributed by atoms with E-state index in [-0.39, 0.29) is 18.6 Å². The molecule has 2 aromatic rings. The van der Waals surface area contributed by atoms with Crippen molar-refractivity contribution in [1.29, 1.82) is 0 Å². The highest BCUT2D eigenvalue weighted by Crippen LogP contribution is 2.41. The van der Waals surface area contributed by atoms with Gasteiger partial charge in [0.15, 0.2) is 0 Å². The second kappa shape index (κ2) is 9.87. The van der Waals surface area contributed by atoms with Gasteiger partial charge in [-0.2, -0.15) is 0 Å². The van der Waals surface area contributed by atoms with Crippen molar-refractivity contribution >= 4 is 34.2 Å². The number of nitrogens with one attached hydrogen (secondary N) is 1. The van der Waals surface area contributed by atoms with E-state index in [4.69, 9.17) is 4.74 Å². The molecule has 2 atom stereocenters. The molecular formula is C23H24FNO5S. The molecule has 164 valence electrons. The number of halogens is 1. The maximum absolute atomic E-state index is 13.4. The maximum Gasteiger partial charge on any atom is 0.341 e. The van der Waals surface area contributed by atoms with Gasteiger partial charge in [0.1, 0.15) is 16.4 Å². The van der Waals surface area contributed by atoms with Gasteiger partial charge in [0.25, 0.3) is 0 Å². The van der Waals surface area contributed by atoms with Gasteiger partial charge in [0.2, 0.25) is 5.91 Å². The van der Waals surface area contributed by atoms with Gasteiger partial charge in [0.05, 0.1) is 18.4 Å². The van der Waals surface area contributed by atoms with Crippen molar-refractivity contribution in [3.8, 4) is 11.1 Å². The number of thiophene rings is 1. The first kappa shape index (κ1) is 22.7. The molecule has 1 amide bonds. The molecule has 0 spiro atoms. The van der Waals surface area contributed by atoms with Crippen molar-refractivity contribution in [2.45, 2.75) is 33.1 Å². The fraction of sp³-hybridized carbons (Fsp3) is 0.348. The molecule has 3 rings (SSSR count). The zero-order valence-electron chi connectivity index (χ0n) is 17.3. The predicted octanol–water partition coefficient (Wildman–Crippen LogP) is 5.03. The standard InChI is InChI=1S/C23H24FNO5S/c1-3-12-30-23(29)19-18(14-8-10-15(24)11-9-14)13(2)31-21(19)25-20(26)16-6-4-5-7-17(16)22(27)28/h4-5,8-11,16-17H,3,6-7,12H2,1-2H3,(H,25,26)(H,27,28)/t16-,17-/m1/s1. The first-order chi connectivity index (χ1) is 14.8. The number of amides is 1. The van der Waals surface area contributed by atoms with E-state index in [1.165, 1.54) is 23.5 Å². The highest BCUT2D eigenvalue weighted by molar-refractivity contribution is 7.17. The van der Waals surface area contributed by atoms with E-state index in [1.54, 1.807) is 31.2 Å². The molecule has 2 N–H and O–H groups in total. The van der Waals surface area contributed by atoms with Gasteiger partial charge in [-0.05, 0) is 43.9 Å². The second-order valence-electron chi connectivity index (χ2n) is 7.36. The van der Waals surface area contributed by atoms with E-state index < -0.39 is 35.5 Å². The quantitative estimate of drug-likeness (QED) is 0.460. The zero-order valence-corrected chi connectivity index (χ0v) is 18.1. The number of allylic oxidation sites excluding steroid dienone is 2. The number of carboxylic acids is 1. The van der Waals surface area contributed by atoms with Crippen LogP contribution in [0.4, 0.5) is 9.39 Å². The average Bonchev–Trinajstić information content (AvgIpc) is 3.08. The second-order valence-corrected chi connectivity index (χ2v) is 8.59. The molecule has 0 saturated carbocycles. The van der Waals surface area contributed by atoms with Gasteiger partial charge in [-0.15, -0.1) is 11.3 Å². The van der Waals surface area contributed by atoms with E-state index >= 15 is 0 Å². The van der Waals surface area contributed by atoms with Crippen LogP contribution in [0.1, 0.15) is 41.4 Å². The van der Waals surface area contributed by atoms with Crippen LogP contribution in [0.5, 0.6) is 0 Å². The summed E-state index contributed by atoms with van der Waals surface area (Å²) in [6.07, 6.45) is 4.79. The molecular weight excluding hydrogens is 421 g/mol. The van der Waals surface area contributed by atoms with Crippen molar-refractivity contribution in [3.05, 3.63) is 52.7 Å². The molecule has 8 heteroatoms. The van der Waals surface area contributed by atoms with Gasteiger partial charge in [-0.1, -0.05) is 31.2 Å². The Kier molecular flexibility index (Phi) is 7.22. The SMILES string of the molecule is CCCOC(=O)c1c(NC(=O)[C@@H]2CC=CC[C@H]2C(=O)O)sc(C)c1-c1ccc(F)cc1. The Morgan fingerprint density at radius 3 is 2.42 bits per heavy atom. The summed E-state index contributed by atoms with van der Waals surface area (Å²) in [7, 11) is 0. The van der Waals surface area contributed by atoms with Crippen LogP contribution in [-0.2, 0) is 14.3 Å². The van der Waals surface area contributed by atoms with Gasteiger partial charge >= 0.3 is 11.9 Å². The third-order valence-electron chi connectivity index (χ3n) is 5.18. The van der Waals surface area contributed by atoms with Crippen molar-refractivity contribution in [2.75, 3.05) is 11.9 Å². The first-order valence-electron chi connectivity index (χ1n) is 10.1. The summed E-state index contributed by atoms with van der Waals surface area (Å²) in [5.41, 5.74) is 1.40. The largest absolute Gasteiger partial charge is 0.481 e. The number of anilines is 1. The van der Waals surface area contributed by atoms with E-state index in [0.717, 1.165) is 4.88 Å². The molecule has 1 aromatic carbocycles. The number of aliphatic carboxylic acids is 1. The third kappa shape index (κ3) is 5.02. The van der Waals surface area contributed by atoms with E-state index in [1.807, 2.05) is 6.92 Å². The van der Waals surface area contributed by atoms with Gasteiger partial charge < -0.3 is 15.2 Å². The summed E-state index contributed by atoms with van der Waals surface area (Å²) in [6.45, 7) is 3.90. The summed E-state index contributed by atoms with van der Waals surface area (Å²) in [5, 5.41) is 12.5. The van der Waals surface area contributed by atoms with Crippen LogP contribution in [0, 0.1) is 24.6 Å². The molecule has 1 heterocycles. The van der Waals surface area contributed by atoms with Gasteiger partial charge in [-0.25, -0.2) is 9.18 Å². The minimum atomic E-state index is -1.03. The van der Waals surface area contributed by atoms with Gasteiger partial charge in [0, 0.05) is 10.4 Å². The Labute approximate surface area is 183 Å². The molecule has 6 nitrogen and oxygen atoms in total. The molecule has 0 saturated heterocycles. The van der Waals surface area contributed by atoms with Crippen molar-refractivity contribution in [1.82, 2.24) is 0 Å². The Morgan fingerprint density at radius 1 is 1.16 bits per heavy atom. The van der Waals surface area contributed by atoms with Crippen LogP contribution in [0.2, 0.25) is 0 Å². The average molecular weight is 446 g/mol. The Balaban J connectivity index is 1.99. The lowest BCUT2D eigenvalue weighted by Gasteiger charge is -2.24. The summed E-state index contributed by atoms with van der Waals surface area (Å²) in [6, 6.07) is 5.74. The number of carbonyl (C=O) groups is 3. The maximum atomic E-state index is 13.4. The third-order valence-corrected chi connectivity index (χ3v) is 6.20. The Hall–Kier alpha value is -3.00. The fourth-order valence-electron chi connectivity index (χ4n) is 3.64. The molecule has 31 heavy (non-hydrogen) atoms. The minimum Gasteiger partial charge on any atom is -0.481 e. The number of carboxylic acid groups (broad SMARTS) is 1. The lowest BCUT2D eigenvalue weighted by Crippen LogP contribution is -2.34. The predicted molar refractivity (Wildman–Crippen MR) is 117 cm³/mol. The molecule has 0 bridgehead atoms. The number of rotatable bonds is 7. The van der Waals surface area contributed by atoms with Crippen LogP contribution in [0.3, 0.4) is 0 Å². The molecule has 1 aliphatic rings. The molecule has 0 fully saturated rings. The van der Waals surface area contributed by atoms with Crippen LogP contribution in [0.25, 0.3) is 11.1 Å². The molecule has 0 radical (unpaired) electrons. The van der Waals surface area contributed by atoms with Crippen LogP contribution < -0.4 is 5.32 Å². The Bertz CT molecular complexity index is 1010. The van der Waals surface area contributed by atoms with Crippen LogP contribution in [-0.4, -0.2) is 29.6 Å². The fourth-order valence-corrected chi connectivity index (χ4v) is 4.71. The van der Waals surface area contributed by atoms with E-state index in [9.17, 15) is 23.9 Å². The highest BCUT2D eigenvalue weighted by atomic mass is 32.1. The number of hydrogen-bond donors (Lipinski definition) is 2. The number of ether oxygens (including phenoxy) is 1. The summed E-state index contributed by atoms with van der Waals surface area (Å²) < 4.78 is 18.8. The van der Waals surface area contributed by atoms with Gasteiger partial charge in [-0.3, -0.25) is 9.59 Å². The Morgan fingerprint density at radius 2 is 1.81 bits per heavy atom. The first-order valence-corrected chi connectivity index (χ1v) is 10.9. The molecule has 1 aliphatic carbocycles.